The Morgan fingerprint density at radius 1 is 1.40 bits per heavy atom. The Labute approximate surface area is 94.4 Å². The maximum Gasteiger partial charge on any atom is 0.123 e. The van der Waals surface area contributed by atoms with Crippen molar-refractivity contribution in [3.05, 3.63) is 30.1 Å². The molecule has 4 heteroatoms. The van der Waals surface area contributed by atoms with Gasteiger partial charge in [0.15, 0.2) is 0 Å². The Morgan fingerprint density at radius 3 is 2.60 bits per heavy atom. The van der Waals surface area contributed by atoms with Crippen molar-refractivity contribution in [2.75, 3.05) is 5.75 Å². The number of hydrogen-bond donors (Lipinski definition) is 2. The third-order valence-corrected chi connectivity index (χ3v) is 3.31. The normalized spacial score (nSPS) is 12.7. The molecule has 1 unspecified atom stereocenters. The summed E-state index contributed by atoms with van der Waals surface area (Å²) in [5, 5.41) is 0. The van der Waals surface area contributed by atoms with Crippen molar-refractivity contribution in [3.63, 3.8) is 0 Å². The molecule has 1 aromatic carbocycles. The number of nitrogens with two attached hydrogens (primary N) is 1. The molecule has 0 aromatic heterocycles. The van der Waals surface area contributed by atoms with Crippen molar-refractivity contribution >= 4 is 11.8 Å². The van der Waals surface area contributed by atoms with E-state index in [2.05, 4.69) is 12.3 Å². The third kappa shape index (κ3) is 4.64. The summed E-state index contributed by atoms with van der Waals surface area (Å²) in [6.45, 7) is 2.13. The quantitative estimate of drug-likeness (QED) is 0.446. The average Bonchev–Trinajstić information content (AvgIpc) is 2.26. The van der Waals surface area contributed by atoms with Crippen LogP contribution in [-0.4, -0.2) is 11.8 Å². The average molecular weight is 228 g/mol. The zero-order chi connectivity index (χ0) is 11.1. The second kappa shape index (κ2) is 6.82. The molecule has 0 bridgehead atoms. The van der Waals surface area contributed by atoms with Crippen molar-refractivity contribution in [1.29, 1.82) is 0 Å². The SMILES string of the molecule is CCCC(CSc1ccc(F)cc1)NN. The Balaban J connectivity index is 2.38. The van der Waals surface area contributed by atoms with Crippen LogP contribution < -0.4 is 11.3 Å². The van der Waals surface area contributed by atoms with Gasteiger partial charge in [-0.25, -0.2) is 4.39 Å². The molecule has 0 radical (unpaired) electrons. The van der Waals surface area contributed by atoms with Crippen LogP contribution in [0.15, 0.2) is 29.2 Å². The fourth-order valence-corrected chi connectivity index (χ4v) is 2.28. The van der Waals surface area contributed by atoms with Gasteiger partial charge in [0, 0.05) is 16.7 Å². The van der Waals surface area contributed by atoms with Gasteiger partial charge < -0.3 is 0 Å². The summed E-state index contributed by atoms with van der Waals surface area (Å²) in [6, 6.07) is 6.86. The van der Waals surface area contributed by atoms with Crippen LogP contribution >= 0.6 is 11.8 Å². The van der Waals surface area contributed by atoms with Crippen molar-refractivity contribution in [3.8, 4) is 0 Å². The largest absolute Gasteiger partial charge is 0.271 e. The Morgan fingerprint density at radius 2 is 2.07 bits per heavy atom. The third-order valence-electron chi connectivity index (χ3n) is 2.14. The first kappa shape index (κ1) is 12.5. The van der Waals surface area contributed by atoms with E-state index in [4.69, 9.17) is 5.84 Å². The molecule has 15 heavy (non-hydrogen) atoms. The molecule has 0 saturated heterocycles. The molecule has 2 nitrogen and oxygen atoms in total. The van der Waals surface area contributed by atoms with Crippen molar-refractivity contribution in [1.82, 2.24) is 5.43 Å². The van der Waals surface area contributed by atoms with Crippen LogP contribution in [0.2, 0.25) is 0 Å². The predicted octanol–water partition coefficient (Wildman–Crippen LogP) is 2.55. The maximum atomic E-state index is 12.6. The molecule has 0 amide bonds. The molecule has 1 atom stereocenters. The first-order chi connectivity index (χ1) is 7.26. The molecule has 3 N–H and O–H groups in total. The molecule has 0 spiro atoms. The molecule has 0 saturated carbocycles. The Hall–Kier alpha value is -0.580. The van der Waals surface area contributed by atoms with E-state index in [1.165, 1.54) is 12.1 Å². The summed E-state index contributed by atoms with van der Waals surface area (Å²) >= 11 is 1.69. The molecule has 1 rings (SSSR count). The van der Waals surface area contributed by atoms with Crippen LogP contribution in [-0.2, 0) is 0 Å². The van der Waals surface area contributed by atoms with E-state index in [0.717, 1.165) is 23.5 Å². The van der Waals surface area contributed by atoms with Gasteiger partial charge in [0.2, 0.25) is 0 Å². The number of halogens is 1. The van der Waals surface area contributed by atoms with E-state index in [1.807, 2.05) is 0 Å². The summed E-state index contributed by atoms with van der Waals surface area (Å²) in [6.07, 6.45) is 2.17. The fourth-order valence-electron chi connectivity index (χ4n) is 1.29. The topological polar surface area (TPSA) is 38.0 Å². The Bertz CT molecular complexity index is 276. The highest BCUT2D eigenvalue weighted by Crippen LogP contribution is 2.19. The number of nitrogens with one attached hydrogen (secondary N) is 1. The van der Waals surface area contributed by atoms with Crippen LogP contribution in [0.25, 0.3) is 0 Å². The minimum absolute atomic E-state index is 0.193. The number of hydrazine groups is 1. The molecule has 1 aromatic rings. The monoisotopic (exact) mass is 228 g/mol. The van der Waals surface area contributed by atoms with Gasteiger partial charge in [0.25, 0.3) is 0 Å². The molecule has 84 valence electrons. The summed E-state index contributed by atoms with van der Waals surface area (Å²) < 4.78 is 12.6. The van der Waals surface area contributed by atoms with E-state index in [-0.39, 0.29) is 5.82 Å². The van der Waals surface area contributed by atoms with Gasteiger partial charge in [-0.1, -0.05) is 13.3 Å². The minimum Gasteiger partial charge on any atom is -0.271 e. The highest BCUT2D eigenvalue weighted by molar-refractivity contribution is 7.99. The summed E-state index contributed by atoms with van der Waals surface area (Å²) in [4.78, 5) is 1.08. The molecular formula is C11H17FN2S. The first-order valence-electron chi connectivity index (χ1n) is 5.10. The lowest BCUT2D eigenvalue weighted by Gasteiger charge is -2.13. The van der Waals surface area contributed by atoms with Gasteiger partial charge in [-0.05, 0) is 30.7 Å². The van der Waals surface area contributed by atoms with E-state index in [0.29, 0.717) is 6.04 Å². The Kier molecular flexibility index (Phi) is 5.68. The van der Waals surface area contributed by atoms with Crippen LogP contribution in [0.5, 0.6) is 0 Å². The summed E-state index contributed by atoms with van der Waals surface area (Å²) in [5.41, 5.74) is 2.79. The standard InChI is InChI=1S/C11H17FN2S/c1-2-3-10(14-13)8-15-11-6-4-9(12)5-7-11/h4-7,10,14H,2-3,8,13H2,1H3. The van der Waals surface area contributed by atoms with Gasteiger partial charge in [-0.15, -0.1) is 11.8 Å². The first-order valence-corrected chi connectivity index (χ1v) is 6.09. The maximum absolute atomic E-state index is 12.6. The number of benzene rings is 1. The lowest BCUT2D eigenvalue weighted by Crippen LogP contribution is -2.36. The van der Waals surface area contributed by atoms with E-state index < -0.39 is 0 Å². The highest BCUT2D eigenvalue weighted by Gasteiger charge is 2.05. The molecular weight excluding hydrogens is 211 g/mol. The summed E-state index contributed by atoms with van der Waals surface area (Å²) in [7, 11) is 0. The van der Waals surface area contributed by atoms with Crippen LogP contribution in [0.1, 0.15) is 19.8 Å². The van der Waals surface area contributed by atoms with Crippen LogP contribution in [0.3, 0.4) is 0 Å². The second-order valence-electron chi connectivity index (χ2n) is 3.42. The van der Waals surface area contributed by atoms with Gasteiger partial charge >= 0.3 is 0 Å². The van der Waals surface area contributed by atoms with Crippen molar-refractivity contribution in [2.24, 2.45) is 5.84 Å². The number of hydrogen-bond acceptors (Lipinski definition) is 3. The second-order valence-corrected chi connectivity index (χ2v) is 4.51. The highest BCUT2D eigenvalue weighted by atomic mass is 32.2. The van der Waals surface area contributed by atoms with Gasteiger partial charge in [0.1, 0.15) is 5.82 Å². The van der Waals surface area contributed by atoms with Gasteiger partial charge in [-0.3, -0.25) is 11.3 Å². The zero-order valence-electron chi connectivity index (χ0n) is 8.87. The van der Waals surface area contributed by atoms with Crippen molar-refractivity contribution < 1.29 is 4.39 Å². The van der Waals surface area contributed by atoms with Crippen LogP contribution in [0.4, 0.5) is 4.39 Å². The molecule has 0 heterocycles. The lowest BCUT2D eigenvalue weighted by atomic mass is 10.2. The minimum atomic E-state index is -0.193. The number of rotatable bonds is 6. The molecule has 0 fully saturated rings. The predicted molar refractivity (Wildman–Crippen MR) is 63.1 cm³/mol. The van der Waals surface area contributed by atoms with E-state index >= 15 is 0 Å². The van der Waals surface area contributed by atoms with Crippen molar-refractivity contribution in [2.45, 2.75) is 30.7 Å². The van der Waals surface area contributed by atoms with E-state index in [9.17, 15) is 4.39 Å². The van der Waals surface area contributed by atoms with E-state index in [1.54, 1.807) is 23.9 Å². The lowest BCUT2D eigenvalue weighted by molar-refractivity contribution is 0.532. The van der Waals surface area contributed by atoms with Gasteiger partial charge in [0.05, 0.1) is 0 Å². The van der Waals surface area contributed by atoms with Gasteiger partial charge in [-0.2, -0.15) is 0 Å². The molecule has 0 aliphatic heterocycles. The zero-order valence-corrected chi connectivity index (χ0v) is 9.69. The fraction of sp³-hybridized carbons (Fsp3) is 0.455. The summed E-state index contributed by atoms with van der Waals surface area (Å²) in [5.74, 6) is 6.14. The molecule has 0 aliphatic carbocycles. The van der Waals surface area contributed by atoms with Crippen LogP contribution in [0, 0.1) is 5.82 Å². The number of thioether (sulfide) groups is 1. The molecule has 0 aliphatic rings. The smallest absolute Gasteiger partial charge is 0.123 e.